The number of fused-ring (bicyclic) bond motifs is 28. The molecule has 0 aliphatic carbocycles. The zero-order valence-electron chi connectivity index (χ0n) is 51.4. The molecule has 0 unspecified atom stereocenters. The van der Waals surface area contributed by atoms with Gasteiger partial charge in [-0.05, 0) is 124 Å². The highest BCUT2D eigenvalue weighted by Gasteiger charge is 2.30. The van der Waals surface area contributed by atoms with E-state index < -0.39 is 0 Å². The SMILES string of the molecule is N#Cc1cccc(-c2nc(-n3c4ccccc4c4cc5c6cc(-c7cncc8c7c7ccccc7n8-c7ccc(-n8c9ccccc9c9cc%10c%11ccccc%11n%11c%12ccc%13ccccc%13c%12c(c98)c%10%11)nc7)ccc6n6c7ccc8ccccc8c7c(c43)c56)nc3ncccc23)c1. The summed E-state index contributed by atoms with van der Waals surface area (Å²) in [6.45, 7) is 0. The van der Waals surface area contributed by atoms with Gasteiger partial charge in [0.15, 0.2) is 5.65 Å². The van der Waals surface area contributed by atoms with Crippen molar-refractivity contribution in [2.45, 2.75) is 0 Å². The van der Waals surface area contributed by atoms with Gasteiger partial charge in [-0.15, -0.1) is 0 Å². The summed E-state index contributed by atoms with van der Waals surface area (Å²) in [7, 11) is 0. The van der Waals surface area contributed by atoms with Gasteiger partial charge in [-0.3, -0.25) is 14.1 Å². The van der Waals surface area contributed by atoms with Crippen molar-refractivity contribution in [2.75, 3.05) is 0 Å². The van der Waals surface area contributed by atoms with Gasteiger partial charge in [0.2, 0.25) is 5.95 Å². The maximum absolute atomic E-state index is 10.1. The van der Waals surface area contributed by atoms with Gasteiger partial charge in [0.25, 0.3) is 0 Å². The first-order valence-electron chi connectivity index (χ1n) is 32.7. The summed E-state index contributed by atoms with van der Waals surface area (Å²) >= 11 is 0. The normalized spacial score (nSPS) is 12.5. The van der Waals surface area contributed by atoms with E-state index in [9.17, 15) is 5.26 Å². The van der Waals surface area contributed by atoms with Crippen molar-refractivity contribution in [3.8, 4) is 45.9 Å². The van der Waals surface area contributed by atoms with Gasteiger partial charge in [-0.1, -0.05) is 152 Å². The van der Waals surface area contributed by atoms with E-state index in [1.165, 1.54) is 70.4 Å². The molecule has 0 saturated carbocycles. The maximum Gasteiger partial charge on any atom is 0.237 e. The molecule has 11 heteroatoms. The zero-order chi connectivity index (χ0) is 63.0. The van der Waals surface area contributed by atoms with E-state index in [2.05, 4.69) is 241 Å². The van der Waals surface area contributed by atoms with E-state index in [0.29, 0.717) is 22.9 Å². The third-order valence-electron chi connectivity index (χ3n) is 21.1. The summed E-state index contributed by atoms with van der Waals surface area (Å²) in [6, 6.07) is 91.7. The van der Waals surface area contributed by atoms with Crippen molar-refractivity contribution in [3.63, 3.8) is 0 Å². The number of para-hydroxylation sites is 4. The Morgan fingerprint density at radius 2 is 0.887 bits per heavy atom. The van der Waals surface area contributed by atoms with Crippen LogP contribution in [0.1, 0.15) is 5.56 Å². The van der Waals surface area contributed by atoms with Crippen LogP contribution in [0, 0.1) is 11.3 Å². The fourth-order valence-corrected chi connectivity index (χ4v) is 17.3. The zero-order valence-corrected chi connectivity index (χ0v) is 51.4. The van der Waals surface area contributed by atoms with E-state index in [4.69, 9.17) is 24.9 Å². The Morgan fingerprint density at radius 3 is 1.57 bits per heavy atom. The molecule has 11 nitrogen and oxygen atoms in total. The highest BCUT2D eigenvalue weighted by atomic mass is 15.2. The number of nitrogens with zero attached hydrogens (tertiary/aromatic N) is 11. The van der Waals surface area contributed by atoms with Crippen molar-refractivity contribution >= 4 is 174 Å². The molecule has 0 aliphatic rings. The number of benzene rings is 12. The van der Waals surface area contributed by atoms with Gasteiger partial charge in [0, 0.05) is 104 Å². The molecule has 0 amide bonds. The molecule has 0 N–H and O–H groups in total. The van der Waals surface area contributed by atoms with Crippen LogP contribution in [0.5, 0.6) is 0 Å². The minimum absolute atomic E-state index is 0.499. The Balaban J connectivity index is 0.737. The molecule has 12 aromatic carbocycles. The van der Waals surface area contributed by atoms with Crippen LogP contribution in [0.15, 0.2) is 274 Å². The van der Waals surface area contributed by atoms with Gasteiger partial charge < -0.3 is 13.4 Å². The molecular formula is C86H45N11. The number of pyridine rings is 3. The monoisotopic (exact) mass is 1230 g/mol. The lowest BCUT2D eigenvalue weighted by Crippen LogP contribution is -2.04. The summed E-state index contributed by atoms with van der Waals surface area (Å²) in [5, 5.41) is 32.0. The molecule has 444 valence electrons. The van der Waals surface area contributed by atoms with E-state index in [0.717, 1.165) is 126 Å². The minimum Gasteiger partial charge on any atom is -0.308 e. The standard InChI is InChI=1S/C86H45N11/c87-43-47-15-13-18-51(39-47)80-59-25-14-38-89-85(59)92-86(91-80)97-68-28-11-7-23-57(68)63-42-64-60-40-50(32-34-70(60)95-72-36-31-49-17-2-4-20-54(49)77(72)79(82(64)95)84(63)97)65-45-88-46-73-75(65)58-24-8-12-29-69(58)93(73)52-33-37-74(90-44-52)96-67-27-10-6-22-56(67)62-41-61-55-21-5-9-26-66(55)94-71-35-30-48-16-1-3-19-53(48)76(71)78(81(61)94)83(62)96/h1-42,44-46H. The van der Waals surface area contributed by atoms with Gasteiger partial charge in [0.1, 0.15) is 5.82 Å². The molecule has 0 spiro atoms. The van der Waals surface area contributed by atoms with Crippen molar-refractivity contribution in [1.29, 1.82) is 5.26 Å². The van der Waals surface area contributed by atoms with E-state index >= 15 is 0 Å². The number of aromatic nitrogens is 10. The fourth-order valence-electron chi connectivity index (χ4n) is 17.3. The van der Waals surface area contributed by atoms with Crippen molar-refractivity contribution in [2.24, 2.45) is 0 Å². The number of nitriles is 1. The summed E-state index contributed by atoms with van der Waals surface area (Å²) in [4.78, 5) is 26.3. The predicted octanol–water partition coefficient (Wildman–Crippen LogP) is 20.9. The van der Waals surface area contributed by atoms with Gasteiger partial charge in [-0.2, -0.15) is 10.2 Å². The second kappa shape index (κ2) is 18.4. The van der Waals surface area contributed by atoms with Crippen LogP contribution in [0.4, 0.5) is 0 Å². The average Bonchev–Trinajstić information content (AvgIpc) is 1.52. The fraction of sp³-hybridized carbons (Fsp3) is 0. The lowest BCUT2D eigenvalue weighted by Gasteiger charge is -2.12. The summed E-state index contributed by atoms with van der Waals surface area (Å²) in [5.74, 6) is 1.34. The molecule has 0 aliphatic heterocycles. The second-order valence-corrected chi connectivity index (χ2v) is 25.8. The molecule has 23 rings (SSSR count). The molecule has 23 aromatic rings. The smallest absolute Gasteiger partial charge is 0.237 e. The Labute approximate surface area is 548 Å². The molecule has 11 heterocycles. The average molecular weight is 1230 g/mol. The molecular weight excluding hydrogens is 1190 g/mol. The Morgan fingerprint density at radius 1 is 0.320 bits per heavy atom. The highest BCUT2D eigenvalue weighted by molar-refractivity contribution is 6.39. The highest BCUT2D eigenvalue weighted by Crippen LogP contribution is 2.52. The van der Waals surface area contributed by atoms with E-state index in [1.807, 2.05) is 55.0 Å². The molecule has 0 fully saturated rings. The number of hydrogen-bond acceptors (Lipinski definition) is 6. The van der Waals surface area contributed by atoms with Crippen LogP contribution < -0.4 is 0 Å². The summed E-state index contributed by atoms with van der Waals surface area (Å²) in [5.41, 5.74) is 19.0. The second-order valence-electron chi connectivity index (χ2n) is 25.8. The first kappa shape index (κ1) is 51.0. The number of rotatable bonds is 5. The van der Waals surface area contributed by atoms with Crippen LogP contribution in [0.25, 0.3) is 214 Å². The first-order valence-corrected chi connectivity index (χ1v) is 32.7. The Hall–Kier alpha value is -13.6. The maximum atomic E-state index is 10.1. The van der Waals surface area contributed by atoms with Gasteiger partial charge in [0.05, 0.1) is 102 Å². The first-order chi connectivity index (χ1) is 48.1. The Kier molecular flexibility index (Phi) is 9.67. The van der Waals surface area contributed by atoms with Crippen molar-refractivity contribution in [1.82, 2.24) is 47.4 Å². The van der Waals surface area contributed by atoms with Crippen molar-refractivity contribution in [3.05, 3.63) is 279 Å². The predicted molar refractivity (Wildman–Crippen MR) is 396 cm³/mol. The van der Waals surface area contributed by atoms with Crippen LogP contribution in [0.3, 0.4) is 0 Å². The molecule has 97 heavy (non-hydrogen) atoms. The molecule has 0 bridgehead atoms. The third kappa shape index (κ3) is 6.50. The van der Waals surface area contributed by atoms with Gasteiger partial charge >= 0.3 is 0 Å². The molecule has 0 saturated heterocycles. The van der Waals surface area contributed by atoms with E-state index in [-0.39, 0.29) is 0 Å². The molecule has 0 radical (unpaired) electrons. The lowest BCUT2D eigenvalue weighted by molar-refractivity contribution is 1.01. The third-order valence-corrected chi connectivity index (χ3v) is 21.1. The van der Waals surface area contributed by atoms with Crippen LogP contribution >= 0.6 is 0 Å². The molecule has 0 atom stereocenters. The Bertz CT molecular complexity index is 7520. The van der Waals surface area contributed by atoms with Crippen LogP contribution in [0.2, 0.25) is 0 Å². The van der Waals surface area contributed by atoms with Crippen LogP contribution in [-0.2, 0) is 0 Å². The molecule has 11 aromatic heterocycles. The lowest BCUT2D eigenvalue weighted by atomic mass is 9.97. The number of hydrogen-bond donors (Lipinski definition) is 0. The largest absolute Gasteiger partial charge is 0.308 e. The topological polar surface area (TPSA) is 112 Å². The minimum atomic E-state index is 0.499. The van der Waals surface area contributed by atoms with Crippen LogP contribution in [-0.4, -0.2) is 47.4 Å². The van der Waals surface area contributed by atoms with Gasteiger partial charge in [-0.25, -0.2) is 15.0 Å². The summed E-state index contributed by atoms with van der Waals surface area (Å²) in [6.07, 6.45) is 7.87. The van der Waals surface area contributed by atoms with E-state index in [1.54, 1.807) is 6.20 Å². The summed E-state index contributed by atoms with van der Waals surface area (Å²) < 4.78 is 11.9. The van der Waals surface area contributed by atoms with Crippen molar-refractivity contribution < 1.29 is 0 Å². The quantitative estimate of drug-likeness (QED) is 0.170.